The fourth-order valence-corrected chi connectivity index (χ4v) is 1.44. The minimum Gasteiger partial charge on any atom is -0.268 e. The number of hydrogen-bond donors (Lipinski definition) is 0. The van der Waals surface area contributed by atoms with Gasteiger partial charge >= 0.3 is 0 Å². The van der Waals surface area contributed by atoms with Crippen LogP contribution in [0.1, 0.15) is 0 Å². The minimum absolute atomic E-state index is 0.152. The quantitative estimate of drug-likeness (QED) is 0.785. The summed E-state index contributed by atoms with van der Waals surface area (Å²) in [6.45, 7) is -0.152. The molecule has 0 bridgehead atoms. The highest BCUT2D eigenvalue weighted by Gasteiger charge is 2.07. The molecule has 0 unspecified atom stereocenters. The molecule has 0 saturated heterocycles. The largest absolute Gasteiger partial charge is 0.268 e. The summed E-state index contributed by atoms with van der Waals surface area (Å²) in [6.07, 6.45) is 0. The van der Waals surface area contributed by atoms with Crippen LogP contribution >= 0.6 is 0 Å². The van der Waals surface area contributed by atoms with Crippen molar-refractivity contribution in [2.45, 2.75) is 6.54 Å². The Morgan fingerprint density at radius 3 is 2.76 bits per heavy atom. The molecule has 0 N–H and O–H groups in total. The van der Waals surface area contributed by atoms with E-state index >= 15 is 0 Å². The van der Waals surface area contributed by atoms with Gasteiger partial charge in [0.25, 0.3) is 5.56 Å². The predicted molar refractivity (Wildman–Crippen MR) is 59.5 cm³/mol. The Hall–Kier alpha value is -2.48. The molecule has 84 valence electrons. The molecule has 0 aliphatic carbocycles. The van der Waals surface area contributed by atoms with Crippen LogP contribution in [0.2, 0.25) is 0 Å². The SMILES string of the molecule is N#CCn1nc(-c2ccccc2F)ccc1=O. The lowest BCUT2D eigenvalue weighted by molar-refractivity contribution is 0.624. The average molecular weight is 229 g/mol. The summed E-state index contributed by atoms with van der Waals surface area (Å²) in [5, 5.41) is 12.5. The maximum absolute atomic E-state index is 13.5. The molecule has 0 atom stereocenters. The van der Waals surface area contributed by atoms with Gasteiger partial charge in [0.1, 0.15) is 12.4 Å². The van der Waals surface area contributed by atoms with Crippen molar-refractivity contribution in [2.24, 2.45) is 0 Å². The minimum atomic E-state index is -0.415. The van der Waals surface area contributed by atoms with Gasteiger partial charge in [-0.25, -0.2) is 9.07 Å². The average Bonchev–Trinajstić information content (AvgIpc) is 2.33. The number of halogens is 1. The third kappa shape index (κ3) is 2.21. The van der Waals surface area contributed by atoms with Gasteiger partial charge in [0.2, 0.25) is 0 Å². The third-order valence-corrected chi connectivity index (χ3v) is 2.24. The second-order valence-corrected chi connectivity index (χ2v) is 3.35. The van der Waals surface area contributed by atoms with Gasteiger partial charge in [-0.15, -0.1) is 0 Å². The zero-order chi connectivity index (χ0) is 12.3. The van der Waals surface area contributed by atoms with Crippen molar-refractivity contribution >= 4 is 0 Å². The van der Waals surface area contributed by atoms with E-state index in [9.17, 15) is 9.18 Å². The molecule has 1 heterocycles. The molecule has 0 amide bonds. The second-order valence-electron chi connectivity index (χ2n) is 3.35. The summed E-state index contributed by atoms with van der Waals surface area (Å²) < 4.78 is 14.5. The van der Waals surface area contributed by atoms with Gasteiger partial charge in [-0.3, -0.25) is 4.79 Å². The van der Waals surface area contributed by atoms with E-state index in [1.807, 2.05) is 6.07 Å². The molecule has 0 fully saturated rings. The summed E-state index contributed by atoms with van der Waals surface area (Å²) in [5.74, 6) is -0.415. The van der Waals surface area contributed by atoms with Crippen LogP contribution in [0, 0.1) is 17.1 Å². The molecule has 2 aromatic rings. The molecule has 1 aromatic carbocycles. The van der Waals surface area contributed by atoms with Crippen LogP contribution in [-0.2, 0) is 6.54 Å². The van der Waals surface area contributed by atoms with Crippen LogP contribution in [0.3, 0.4) is 0 Å². The number of nitrogens with zero attached hydrogens (tertiary/aromatic N) is 3. The van der Waals surface area contributed by atoms with Crippen LogP contribution in [-0.4, -0.2) is 9.78 Å². The smallest absolute Gasteiger partial charge is 0.267 e. The standard InChI is InChI=1S/C12H8FN3O/c13-10-4-2-1-3-9(10)11-5-6-12(17)16(15-11)8-7-14/h1-6H,8H2. The number of hydrogen-bond acceptors (Lipinski definition) is 3. The van der Waals surface area contributed by atoms with Crippen LogP contribution in [0.5, 0.6) is 0 Å². The number of aromatic nitrogens is 2. The molecule has 4 nitrogen and oxygen atoms in total. The summed E-state index contributed by atoms with van der Waals surface area (Å²) in [7, 11) is 0. The predicted octanol–water partition coefficient (Wildman–Crippen LogP) is 1.57. The lowest BCUT2D eigenvalue weighted by atomic mass is 10.1. The van der Waals surface area contributed by atoms with Gasteiger partial charge in [0.05, 0.1) is 11.8 Å². The first-order valence-corrected chi connectivity index (χ1v) is 4.92. The van der Waals surface area contributed by atoms with Crippen molar-refractivity contribution in [3.05, 3.63) is 52.6 Å². The first-order chi connectivity index (χ1) is 8.22. The number of benzene rings is 1. The molecule has 0 radical (unpaired) electrons. The van der Waals surface area contributed by atoms with Crippen LogP contribution in [0.25, 0.3) is 11.3 Å². The van der Waals surface area contributed by atoms with Crippen LogP contribution in [0.4, 0.5) is 4.39 Å². The highest BCUT2D eigenvalue weighted by Crippen LogP contribution is 2.18. The first kappa shape index (κ1) is 11.0. The highest BCUT2D eigenvalue weighted by molar-refractivity contribution is 5.58. The van der Waals surface area contributed by atoms with Gasteiger partial charge in [0, 0.05) is 11.6 Å². The molecule has 0 spiro atoms. The fourth-order valence-electron chi connectivity index (χ4n) is 1.44. The zero-order valence-corrected chi connectivity index (χ0v) is 8.80. The van der Waals surface area contributed by atoms with E-state index in [2.05, 4.69) is 5.10 Å². The Kier molecular flexibility index (Phi) is 2.97. The Morgan fingerprint density at radius 2 is 2.06 bits per heavy atom. The highest BCUT2D eigenvalue weighted by atomic mass is 19.1. The number of nitriles is 1. The van der Waals surface area contributed by atoms with E-state index in [-0.39, 0.29) is 12.1 Å². The van der Waals surface area contributed by atoms with Crippen molar-refractivity contribution in [2.75, 3.05) is 0 Å². The van der Waals surface area contributed by atoms with Gasteiger partial charge in [0.15, 0.2) is 0 Å². The Labute approximate surface area is 96.6 Å². The molecule has 17 heavy (non-hydrogen) atoms. The Bertz CT molecular complexity index is 643. The molecule has 1 aromatic heterocycles. The summed E-state index contributed by atoms with van der Waals surface area (Å²) in [5.41, 5.74) is 0.253. The Balaban J connectivity index is 2.55. The molecular weight excluding hydrogens is 221 g/mol. The van der Waals surface area contributed by atoms with E-state index in [1.165, 1.54) is 18.2 Å². The van der Waals surface area contributed by atoms with Gasteiger partial charge in [-0.1, -0.05) is 12.1 Å². The van der Waals surface area contributed by atoms with Gasteiger partial charge in [-0.05, 0) is 18.2 Å². The molecule has 0 aliphatic rings. The van der Waals surface area contributed by atoms with Crippen LogP contribution in [0.15, 0.2) is 41.2 Å². The van der Waals surface area contributed by atoms with Gasteiger partial charge in [-0.2, -0.15) is 10.4 Å². The molecular formula is C12H8FN3O. The molecule has 0 aliphatic heterocycles. The van der Waals surface area contributed by atoms with E-state index in [1.54, 1.807) is 18.2 Å². The van der Waals surface area contributed by atoms with Crippen molar-refractivity contribution in [3.8, 4) is 17.3 Å². The van der Waals surface area contributed by atoms with Crippen LogP contribution < -0.4 is 5.56 Å². The van der Waals surface area contributed by atoms with Crippen molar-refractivity contribution in [3.63, 3.8) is 0 Å². The molecule has 2 rings (SSSR count). The zero-order valence-electron chi connectivity index (χ0n) is 8.80. The van der Waals surface area contributed by atoms with E-state index < -0.39 is 5.82 Å². The summed E-state index contributed by atoms with van der Waals surface area (Å²) in [4.78, 5) is 11.3. The van der Waals surface area contributed by atoms with E-state index in [4.69, 9.17) is 5.26 Å². The lowest BCUT2D eigenvalue weighted by Crippen LogP contribution is -2.21. The third-order valence-electron chi connectivity index (χ3n) is 2.24. The monoisotopic (exact) mass is 229 g/mol. The molecule has 0 saturated carbocycles. The van der Waals surface area contributed by atoms with Crippen molar-refractivity contribution in [1.29, 1.82) is 5.26 Å². The van der Waals surface area contributed by atoms with Gasteiger partial charge < -0.3 is 0 Å². The number of rotatable bonds is 2. The van der Waals surface area contributed by atoms with E-state index in [0.29, 0.717) is 11.3 Å². The maximum atomic E-state index is 13.5. The van der Waals surface area contributed by atoms with Crippen molar-refractivity contribution < 1.29 is 4.39 Å². The topological polar surface area (TPSA) is 58.7 Å². The first-order valence-electron chi connectivity index (χ1n) is 4.92. The second kappa shape index (κ2) is 4.58. The summed E-state index contributed by atoms with van der Waals surface area (Å²) >= 11 is 0. The molecule has 5 heteroatoms. The lowest BCUT2D eigenvalue weighted by Gasteiger charge is -2.04. The summed E-state index contributed by atoms with van der Waals surface area (Å²) in [6, 6.07) is 10.7. The maximum Gasteiger partial charge on any atom is 0.267 e. The van der Waals surface area contributed by atoms with E-state index in [0.717, 1.165) is 4.68 Å². The normalized spacial score (nSPS) is 9.88. The van der Waals surface area contributed by atoms with Crippen molar-refractivity contribution in [1.82, 2.24) is 9.78 Å². The Morgan fingerprint density at radius 1 is 1.29 bits per heavy atom. The fraction of sp³-hybridized carbons (Fsp3) is 0.0833.